The van der Waals surface area contributed by atoms with Crippen LogP contribution < -0.4 is 5.32 Å². The van der Waals surface area contributed by atoms with E-state index in [9.17, 15) is 22.7 Å². The number of sulfonamides is 1. The molecule has 2 atom stereocenters. The van der Waals surface area contributed by atoms with E-state index in [1.807, 2.05) is 0 Å². The van der Waals surface area contributed by atoms with Gasteiger partial charge < -0.3 is 14.8 Å². The maximum Gasteiger partial charge on any atom is 0.243 e. The molecule has 1 saturated heterocycles. The van der Waals surface area contributed by atoms with Crippen LogP contribution in [0.5, 0.6) is 0 Å². The highest BCUT2D eigenvalue weighted by Gasteiger charge is 2.40. The van der Waals surface area contributed by atoms with Crippen LogP contribution in [0.25, 0.3) is 11.0 Å². The Labute approximate surface area is 138 Å². The van der Waals surface area contributed by atoms with Crippen LogP contribution in [0.3, 0.4) is 0 Å². The molecule has 2 heterocycles. The molecular formula is C15H17FN2O5S. The standard InChI is InChI=1S/C15H17FN2O5S/c1-17-14(20)6-9-7-18(8-12(9)19)24(21,22)13-3-2-11(16)15-10(13)4-5-23-15/h2-5,9,12,19H,6-8H2,1H3,(H,17,20)/t9-,12-/m1/s1. The average Bonchev–Trinajstić information content (AvgIpc) is 3.15. The van der Waals surface area contributed by atoms with Crippen molar-refractivity contribution in [3.63, 3.8) is 0 Å². The minimum absolute atomic E-state index is 0.0215. The normalized spacial score (nSPS) is 22.1. The lowest BCUT2D eigenvalue weighted by Crippen LogP contribution is -2.30. The number of rotatable bonds is 4. The number of fused-ring (bicyclic) bond motifs is 1. The fourth-order valence-electron chi connectivity index (χ4n) is 2.92. The second-order valence-electron chi connectivity index (χ2n) is 5.74. The van der Waals surface area contributed by atoms with E-state index in [1.165, 1.54) is 25.4 Å². The van der Waals surface area contributed by atoms with Gasteiger partial charge >= 0.3 is 0 Å². The predicted octanol–water partition coefficient (Wildman–Crippen LogP) is 0.689. The molecule has 3 rings (SSSR count). The Kier molecular flexibility index (Phi) is 4.33. The SMILES string of the molecule is CNC(=O)C[C@@H]1CN(S(=O)(=O)c2ccc(F)c3occc23)C[C@H]1O. The molecule has 2 aromatic rings. The van der Waals surface area contributed by atoms with Crippen LogP contribution in [0.4, 0.5) is 4.39 Å². The number of carbonyl (C=O) groups is 1. The van der Waals surface area contributed by atoms with E-state index in [0.29, 0.717) is 0 Å². The molecule has 7 nitrogen and oxygen atoms in total. The summed E-state index contributed by atoms with van der Waals surface area (Å²) in [4.78, 5) is 11.4. The van der Waals surface area contributed by atoms with Gasteiger partial charge in [0.2, 0.25) is 15.9 Å². The van der Waals surface area contributed by atoms with Gasteiger partial charge in [0.15, 0.2) is 11.4 Å². The van der Waals surface area contributed by atoms with E-state index in [-0.39, 0.29) is 41.3 Å². The Morgan fingerprint density at radius 1 is 1.42 bits per heavy atom. The number of carbonyl (C=O) groups excluding carboxylic acids is 1. The Morgan fingerprint density at radius 3 is 2.88 bits per heavy atom. The first kappa shape index (κ1) is 16.9. The van der Waals surface area contributed by atoms with Gasteiger partial charge in [0, 0.05) is 37.9 Å². The van der Waals surface area contributed by atoms with Crippen molar-refractivity contribution in [1.29, 1.82) is 0 Å². The van der Waals surface area contributed by atoms with E-state index in [0.717, 1.165) is 10.4 Å². The van der Waals surface area contributed by atoms with Crippen molar-refractivity contribution in [2.24, 2.45) is 5.92 Å². The van der Waals surface area contributed by atoms with Crippen molar-refractivity contribution in [3.8, 4) is 0 Å². The van der Waals surface area contributed by atoms with E-state index in [1.54, 1.807) is 0 Å². The number of β-amino-alcohol motifs (C(OH)–C–C–N with tert-alkyl or cyclic N) is 1. The third-order valence-corrected chi connectivity index (χ3v) is 6.14. The minimum Gasteiger partial charge on any atom is -0.461 e. The molecule has 2 N–H and O–H groups in total. The number of benzene rings is 1. The summed E-state index contributed by atoms with van der Waals surface area (Å²) in [6.07, 6.45) is 0.325. The number of aliphatic hydroxyl groups excluding tert-OH is 1. The largest absolute Gasteiger partial charge is 0.461 e. The summed E-state index contributed by atoms with van der Waals surface area (Å²) < 4.78 is 45.5. The van der Waals surface area contributed by atoms with Gasteiger partial charge in [-0.15, -0.1) is 0 Å². The van der Waals surface area contributed by atoms with Crippen LogP contribution in [-0.2, 0) is 14.8 Å². The quantitative estimate of drug-likeness (QED) is 0.840. The zero-order chi connectivity index (χ0) is 17.5. The Balaban J connectivity index is 1.92. The monoisotopic (exact) mass is 356 g/mol. The lowest BCUT2D eigenvalue weighted by atomic mass is 10.0. The van der Waals surface area contributed by atoms with Crippen LogP contribution in [0.15, 0.2) is 33.8 Å². The van der Waals surface area contributed by atoms with Crippen LogP contribution in [0.1, 0.15) is 6.42 Å². The lowest BCUT2D eigenvalue weighted by Gasteiger charge is -2.16. The summed E-state index contributed by atoms with van der Waals surface area (Å²) in [6.45, 7) is -0.0889. The number of aliphatic hydroxyl groups is 1. The van der Waals surface area contributed by atoms with Gasteiger partial charge in [-0.3, -0.25) is 4.79 Å². The third-order valence-electron chi connectivity index (χ3n) is 4.25. The molecule has 0 radical (unpaired) electrons. The highest BCUT2D eigenvalue weighted by molar-refractivity contribution is 7.89. The molecule has 1 aromatic carbocycles. The molecule has 24 heavy (non-hydrogen) atoms. The minimum atomic E-state index is -3.95. The van der Waals surface area contributed by atoms with Crippen molar-refractivity contribution in [2.75, 3.05) is 20.1 Å². The molecule has 1 fully saturated rings. The van der Waals surface area contributed by atoms with Crippen LogP contribution in [0, 0.1) is 11.7 Å². The number of furan rings is 1. The molecule has 0 bridgehead atoms. The maximum absolute atomic E-state index is 13.7. The van der Waals surface area contributed by atoms with Crippen molar-refractivity contribution in [2.45, 2.75) is 17.4 Å². The zero-order valence-corrected chi connectivity index (χ0v) is 13.7. The van der Waals surface area contributed by atoms with Crippen molar-refractivity contribution in [3.05, 3.63) is 30.3 Å². The molecule has 0 aliphatic carbocycles. The fourth-order valence-corrected chi connectivity index (χ4v) is 4.61. The summed E-state index contributed by atoms with van der Waals surface area (Å²) in [7, 11) is -2.47. The van der Waals surface area contributed by atoms with Gasteiger partial charge in [0.25, 0.3) is 0 Å². The van der Waals surface area contributed by atoms with Gasteiger partial charge in [0.1, 0.15) is 0 Å². The summed E-state index contributed by atoms with van der Waals surface area (Å²) in [6, 6.07) is 3.61. The maximum atomic E-state index is 13.7. The van der Waals surface area contributed by atoms with Crippen molar-refractivity contribution >= 4 is 26.9 Å². The van der Waals surface area contributed by atoms with Crippen LogP contribution in [0.2, 0.25) is 0 Å². The first-order valence-corrected chi connectivity index (χ1v) is 8.83. The molecule has 1 amide bonds. The smallest absolute Gasteiger partial charge is 0.243 e. The Hall–Kier alpha value is -1.97. The summed E-state index contributed by atoms with van der Waals surface area (Å²) in [5.41, 5.74) is -0.127. The first-order chi connectivity index (χ1) is 11.3. The molecule has 1 aromatic heterocycles. The molecule has 130 valence electrons. The van der Waals surface area contributed by atoms with Gasteiger partial charge in [0.05, 0.1) is 17.3 Å². The second kappa shape index (κ2) is 6.15. The Bertz CT molecular complexity index is 879. The molecule has 1 aliphatic heterocycles. The third kappa shape index (κ3) is 2.79. The molecule has 1 aliphatic rings. The van der Waals surface area contributed by atoms with E-state index >= 15 is 0 Å². The van der Waals surface area contributed by atoms with Crippen LogP contribution >= 0.6 is 0 Å². The molecule has 0 spiro atoms. The molecule has 0 saturated carbocycles. The highest BCUT2D eigenvalue weighted by Crippen LogP contribution is 2.32. The van der Waals surface area contributed by atoms with Gasteiger partial charge in [-0.2, -0.15) is 4.31 Å². The summed E-state index contributed by atoms with van der Waals surface area (Å²) in [5, 5.41) is 12.7. The van der Waals surface area contributed by atoms with E-state index in [4.69, 9.17) is 4.42 Å². The van der Waals surface area contributed by atoms with Gasteiger partial charge in [-0.25, -0.2) is 12.8 Å². The number of hydrogen-bond acceptors (Lipinski definition) is 5. The zero-order valence-electron chi connectivity index (χ0n) is 12.9. The van der Waals surface area contributed by atoms with Crippen LogP contribution in [-0.4, -0.2) is 50.0 Å². The Morgan fingerprint density at radius 2 is 2.17 bits per heavy atom. The summed E-state index contributed by atoms with van der Waals surface area (Å²) >= 11 is 0. The van der Waals surface area contributed by atoms with Crippen molar-refractivity contribution < 1.29 is 27.1 Å². The number of hydrogen-bond donors (Lipinski definition) is 2. The predicted molar refractivity (Wildman–Crippen MR) is 83.1 cm³/mol. The van der Waals surface area contributed by atoms with Crippen molar-refractivity contribution in [1.82, 2.24) is 9.62 Å². The fraction of sp³-hybridized carbons (Fsp3) is 0.400. The number of amides is 1. The van der Waals surface area contributed by atoms with Gasteiger partial charge in [-0.1, -0.05) is 0 Å². The second-order valence-corrected chi connectivity index (χ2v) is 7.64. The average molecular weight is 356 g/mol. The van der Waals surface area contributed by atoms with E-state index < -0.39 is 27.9 Å². The summed E-state index contributed by atoms with van der Waals surface area (Å²) in [5.74, 6) is -1.40. The highest BCUT2D eigenvalue weighted by atomic mass is 32.2. The topological polar surface area (TPSA) is 99.9 Å². The molecule has 0 unspecified atom stereocenters. The number of nitrogens with zero attached hydrogens (tertiary/aromatic N) is 1. The van der Waals surface area contributed by atoms with E-state index in [2.05, 4.69) is 5.32 Å². The van der Waals surface area contributed by atoms with Gasteiger partial charge in [-0.05, 0) is 18.2 Å². The molecular weight excluding hydrogens is 339 g/mol. The number of nitrogens with one attached hydrogen (secondary N) is 1. The number of halogens is 1. The first-order valence-electron chi connectivity index (χ1n) is 7.39. The lowest BCUT2D eigenvalue weighted by molar-refractivity contribution is -0.122. The molecule has 9 heteroatoms.